The van der Waals surface area contributed by atoms with Gasteiger partial charge in [-0.05, 0) is 70.6 Å². The van der Waals surface area contributed by atoms with E-state index in [9.17, 15) is 9.59 Å². The fourth-order valence-corrected chi connectivity index (χ4v) is 6.02. The number of hydrogen-bond donors (Lipinski definition) is 0. The lowest BCUT2D eigenvalue weighted by Gasteiger charge is -2.25. The molecule has 0 spiro atoms. The van der Waals surface area contributed by atoms with Crippen molar-refractivity contribution >= 4 is 39.3 Å². The summed E-state index contributed by atoms with van der Waals surface area (Å²) in [6, 6.07) is 10.9. The molecule has 1 aliphatic rings. The average Bonchev–Trinajstić information content (AvgIpc) is 3.21. The molecule has 0 N–H and O–H groups in total. The predicted octanol–water partition coefficient (Wildman–Crippen LogP) is 4.70. The SMILES string of the molecule is C#CCOc1c(Br)cc(C=c2sc3n(c2=O)[C@H](c2ccc(C(C)C)cc2)C(C(=O)OCC)=C(C)N=3)cc1OC. The minimum Gasteiger partial charge on any atom is -0.493 e. The zero-order valence-electron chi connectivity index (χ0n) is 22.4. The Hall–Kier alpha value is -3.61. The van der Waals surface area contributed by atoms with Crippen LogP contribution in [0.5, 0.6) is 11.5 Å². The van der Waals surface area contributed by atoms with Crippen molar-refractivity contribution in [3.63, 3.8) is 0 Å². The van der Waals surface area contributed by atoms with E-state index in [0.29, 0.717) is 42.5 Å². The average molecular weight is 610 g/mol. The Labute approximate surface area is 239 Å². The Morgan fingerprint density at radius 2 is 2.00 bits per heavy atom. The van der Waals surface area contributed by atoms with Gasteiger partial charge in [-0.1, -0.05) is 55.4 Å². The van der Waals surface area contributed by atoms with Gasteiger partial charge in [-0.3, -0.25) is 9.36 Å². The summed E-state index contributed by atoms with van der Waals surface area (Å²) in [4.78, 5) is 32.1. The Morgan fingerprint density at radius 1 is 1.28 bits per heavy atom. The number of fused-ring (bicyclic) bond motifs is 1. The number of thiazole rings is 1. The van der Waals surface area contributed by atoms with Crippen LogP contribution in [0.2, 0.25) is 0 Å². The van der Waals surface area contributed by atoms with E-state index in [1.807, 2.05) is 30.3 Å². The number of methoxy groups -OCH3 is 1. The van der Waals surface area contributed by atoms with Gasteiger partial charge in [-0.25, -0.2) is 9.79 Å². The zero-order chi connectivity index (χ0) is 28.3. The smallest absolute Gasteiger partial charge is 0.338 e. The van der Waals surface area contributed by atoms with Crippen LogP contribution in [0.4, 0.5) is 0 Å². The van der Waals surface area contributed by atoms with Crippen LogP contribution in [-0.2, 0) is 9.53 Å². The summed E-state index contributed by atoms with van der Waals surface area (Å²) < 4.78 is 19.2. The molecule has 1 aromatic heterocycles. The second-order valence-corrected chi connectivity index (χ2v) is 11.0. The third-order valence-electron chi connectivity index (χ3n) is 6.29. The first-order valence-corrected chi connectivity index (χ1v) is 14.0. The summed E-state index contributed by atoms with van der Waals surface area (Å²) in [6.45, 7) is 8.07. The lowest BCUT2D eigenvalue weighted by molar-refractivity contribution is -0.139. The maximum absolute atomic E-state index is 13.9. The lowest BCUT2D eigenvalue weighted by atomic mass is 9.93. The Balaban J connectivity index is 1.90. The van der Waals surface area contributed by atoms with E-state index < -0.39 is 12.0 Å². The maximum Gasteiger partial charge on any atom is 0.338 e. The highest BCUT2D eigenvalue weighted by Gasteiger charge is 2.33. The highest BCUT2D eigenvalue weighted by Crippen LogP contribution is 2.37. The molecule has 0 saturated heterocycles. The molecule has 1 atom stereocenters. The molecule has 4 rings (SSSR count). The molecule has 7 nitrogen and oxygen atoms in total. The van der Waals surface area contributed by atoms with E-state index in [0.717, 1.165) is 11.1 Å². The second-order valence-electron chi connectivity index (χ2n) is 9.15. The number of carbonyl (C=O) groups excluding carboxylic acids is 1. The largest absolute Gasteiger partial charge is 0.493 e. The molecule has 0 radical (unpaired) electrons. The van der Waals surface area contributed by atoms with Crippen molar-refractivity contribution in [2.24, 2.45) is 4.99 Å². The maximum atomic E-state index is 13.9. The molecule has 9 heteroatoms. The molecule has 0 bridgehead atoms. The first-order chi connectivity index (χ1) is 18.7. The van der Waals surface area contributed by atoms with Gasteiger partial charge in [0.05, 0.1) is 40.0 Å². The van der Waals surface area contributed by atoms with Crippen molar-refractivity contribution in [3.8, 4) is 23.8 Å². The fraction of sp³-hybridized carbons (Fsp3) is 0.300. The molecule has 202 valence electrons. The fourth-order valence-electron chi connectivity index (χ4n) is 4.40. The third-order valence-corrected chi connectivity index (χ3v) is 7.86. The molecule has 0 aliphatic carbocycles. The first kappa shape index (κ1) is 28.4. The summed E-state index contributed by atoms with van der Waals surface area (Å²) in [7, 11) is 1.53. The van der Waals surface area contributed by atoms with Crippen molar-refractivity contribution in [2.45, 2.75) is 39.7 Å². The molecular formula is C30H29BrN2O5S. The molecule has 0 amide bonds. The molecule has 1 aliphatic heterocycles. The number of rotatable bonds is 8. The van der Waals surface area contributed by atoms with Crippen LogP contribution in [0.3, 0.4) is 0 Å². The summed E-state index contributed by atoms with van der Waals surface area (Å²) >= 11 is 4.77. The van der Waals surface area contributed by atoms with Crippen molar-refractivity contribution in [2.75, 3.05) is 20.3 Å². The van der Waals surface area contributed by atoms with Gasteiger partial charge in [-0.2, -0.15) is 0 Å². The van der Waals surface area contributed by atoms with E-state index in [1.54, 1.807) is 30.6 Å². The van der Waals surface area contributed by atoms with Gasteiger partial charge in [0, 0.05) is 0 Å². The van der Waals surface area contributed by atoms with E-state index in [1.165, 1.54) is 24.0 Å². The van der Waals surface area contributed by atoms with Gasteiger partial charge < -0.3 is 14.2 Å². The van der Waals surface area contributed by atoms with E-state index in [4.69, 9.17) is 20.6 Å². The van der Waals surface area contributed by atoms with Crippen LogP contribution in [-0.4, -0.2) is 30.9 Å². The van der Waals surface area contributed by atoms with Crippen LogP contribution in [0, 0.1) is 12.3 Å². The highest BCUT2D eigenvalue weighted by atomic mass is 79.9. The van der Waals surface area contributed by atoms with Gasteiger partial charge in [-0.15, -0.1) is 6.42 Å². The van der Waals surface area contributed by atoms with E-state index in [2.05, 4.69) is 40.7 Å². The van der Waals surface area contributed by atoms with Gasteiger partial charge in [0.2, 0.25) is 0 Å². The van der Waals surface area contributed by atoms with E-state index in [-0.39, 0.29) is 18.8 Å². The number of aromatic nitrogens is 1. The van der Waals surface area contributed by atoms with Crippen molar-refractivity contribution in [3.05, 3.63) is 88.5 Å². The Kier molecular flexibility index (Phi) is 8.78. The molecule has 39 heavy (non-hydrogen) atoms. The summed E-state index contributed by atoms with van der Waals surface area (Å²) in [5, 5.41) is 0. The number of terminal acetylenes is 1. The van der Waals surface area contributed by atoms with Crippen LogP contribution in [0.1, 0.15) is 56.3 Å². The van der Waals surface area contributed by atoms with Crippen LogP contribution < -0.4 is 24.4 Å². The molecule has 2 aromatic carbocycles. The standard InChI is InChI=1S/C30H29BrN2O5S/c1-7-13-38-27-22(31)14-19(15-23(27)36-6)16-24-28(34)33-26(21-11-9-20(10-12-21)17(3)4)25(29(35)37-8-2)18(5)32-30(33)39-24/h1,9-12,14-17,26H,8,13H2,2-6H3/t26-/m1/s1. The number of nitrogens with zero attached hydrogens (tertiary/aromatic N) is 2. The summed E-state index contributed by atoms with van der Waals surface area (Å²) in [6.07, 6.45) is 7.10. The summed E-state index contributed by atoms with van der Waals surface area (Å²) in [5.41, 5.74) is 3.32. The number of esters is 1. The number of allylic oxidation sites excluding steroid dienone is 1. The minimum absolute atomic E-state index is 0.0905. The molecule has 0 unspecified atom stereocenters. The molecular weight excluding hydrogens is 580 g/mol. The molecule has 0 fully saturated rings. The van der Waals surface area contributed by atoms with Crippen LogP contribution in [0.15, 0.2) is 61.9 Å². The predicted molar refractivity (Wildman–Crippen MR) is 156 cm³/mol. The lowest BCUT2D eigenvalue weighted by Crippen LogP contribution is -2.39. The van der Waals surface area contributed by atoms with Gasteiger partial charge in [0.15, 0.2) is 16.3 Å². The molecule has 3 aromatic rings. The van der Waals surface area contributed by atoms with Crippen molar-refractivity contribution in [1.82, 2.24) is 4.57 Å². The number of carbonyl (C=O) groups is 1. The topological polar surface area (TPSA) is 79.1 Å². The molecule has 2 heterocycles. The van der Waals surface area contributed by atoms with Crippen molar-refractivity contribution < 1.29 is 19.0 Å². The number of halogens is 1. The second kappa shape index (κ2) is 12.1. The van der Waals surface area contributed by atoms with Gasteiger partial charge >= 0.3 is 5.97 Å². The summed E-state index contributed by atoms with van der Waals surface area (Å²) in [5.74, 6) is 3.26. The minimum atomic E-state index is -0.663. The van der Waals surface area contributed by atoms with E-state index >= 15 is 0 Å². The monoisotopic (exact) mass is 608 g/mol. The Morgan fingerprint density at radius 3 is 2.62 bits per heavy atom. The van der Waals surface area contributed by atoms with Crippen LogP contribution >= 0.6 is 27.3 Å². The van der Waals surface area contributed by atoms with Gasteiger partial charge in [0.25, 0.3) is 5.56 Å². The zero-order valence-corrected chi connectivity index (χ0v) is 24.8. The highest BCUT2D eigenvalue weighted by molar-refractivity contribution is 9.10. The first-order valence-electron chi connectivity index (χ1n) is 12.4. The van der Waals surface area contributed by atoms with Crippen molar-refractivity contribution in [1.29, 1.82) is 0 Å². The van der Waals surface area contributed by atoms with Crippen LogP contribution in [0.25, 0.3) is 6.08 Å². The van der Waals surface area contributed by atoms with Gasteiger partial charge in [0.1, 0.15) is 6.61 Å². The normalized spacial score (nSPS) is 15.0. The number of hydrogen-bond acceptors (Lipinski definition) is 7. The Bertz CT molecular complexity index is 1660. The number of benzene rings is 2. The number of ether oxygens (including phenoxy) is 3. The molecule has 0 saturated carbocycles. The quantitative estimate of drug-likeness (QED) is 0.273. The third kappa shape index (κ3) is 5.72.